The van der Waals surface area contributed by atoms with E-state index in [2.05, 4.69) is 20.8 Å². The van der Waals surface area contributed by atoms with Crippen molar-refractivity contribution < 1.29 is 34.1 Å². The summed E-state index contributed by atoms with van der Waals surface area (Å²) in [7, 11) is -3.06. The molecular weight excluding hydrogens is 490 g/mol. The first-order chi connectivity index (χ1) is 17.4. The number of aliphatic hydroxyl groups is 3. The Morgan fingerprint density at radius 2 is 1.54 bits per heavy atom. The molecule has 3 N–H and O–H groups in total. The fourth-order valence-electron chi connectivity index (χ4n) is 4.91. The maximum atomic E-state index is 12.3. The van der Waals surface area contributed by atoms with E-state index in [0.717, 1.165) is 15.3 Å². The number of carbonyl (C=O) groups is 2. The molecule has 0 bridgehead atoms. The summed E-state index contributed by atoms with van der Waals surface area (Å²) in [4.78, 5) is 24.8. The lowest BCUT2D eigenvalue weighted by Crippen LogP contribution is -2.68. The molecule has 1 amide bonds. The van der Waals surface area contributed by atoms with Gasteiger partial charge in [-0.15, -0.1) is 0 Å². The zero-order valence-electron chi connectivity index (χ0n) is 22.0. The van der Waals surface area contributed by atoms with Crippen LogP contribution in [-0.2, 0) is 18.8 Å². The minimum atomic E-state index is -3.06. The molecule has 37 heavy (non-hydrogen) atoms. The van der Waals surface area contributed by atoms with Crippen LogP contribution in [0.15, 0.2) is 72.9 Å². The molecule has 1 saturated heterocycles. The minimum absolute atomic E-state index is 0.242. The van der Waals surface area contributed by atoms with E-state index in [0.29, 0.717) is 0 Å². The van der Waals surface area contributed by atoms with Crippen molar-refractivity contribution in [3.8, 4) is 0 Å². The molecule has 0 saturated carbocycles. The molecule has 2 aromatic rings. The highest BCUT2D eigenvalue weighted by molar-refractivity contribution is 6.99. The van der Waals surface area contributed by atoms with Gasteiger partial charge >= 0.3 is 0 Å². The van der Waals surface area contributed by atoms with Gasteiger partial charge in [-0.1, -0.05) is 81.4 Å². The quantitative estimate of drug-likeness (QED) is 0.333. The van der Waals surface area contributed by atoms with E-state index in [-0.39, 0.29) is 17.4 Å². The highest BCUT2D eigenvalue weighted by Gasteiger charge is 2.59. The number of allylic oxidation sites excluding steroid dienone is 1. The largest absolute Gasteiger partial charge is 0.404 e. The number of hydrogen-bond acceptors (Lipinski definition) is 7. The summed E-state index contributed by atoms with van der Waals surface area (Å²) in [5, 5.41) is 34.1. The van der Waals surface area contributed by atoms with Gasteiger partial charge in [0.25, 0.3) is 8.32 Å². The molecule has 1 unspecified atom stereocenters. The fraction of sp³-hybridized carbons (Fsp3) is 0.429. The van der Waals surface area contributed by atoms with E-state index in [4.69, 9.17) is 9.16 Å². The van der Waals surface area contributed by atoms with Crippen LogP contribution in [0.5, 0.6) is 0 Å². The monoisotopic (exact) mass is 527 g/mol. The van der Waals surface area contributed by atoms with Crippen molar-refractivity contribution in [3.05, 3.63) is 72.9 Å². The van der Waals surface area contributed by atoms with E-state index in [9.17, 15) is 24.9 Å². The summed E-state index contributed by atoms with van der Waals surface area (Å²) in [6.45, 7) is 7.96. The molecular formula is C28H37NO7Si. The molecule has 1 fully saturated rings. The predicted octanol–water partition coefficient (Wildman–Crippen LogP) is 1.32. The number of rotatable bonds is 9. The lowest BCUT2D eigenvalue weighted by Gasteiger charge is -2.45. The molecule has 1 heterocycles. The molecule has 0 spiro atoms. The van der Waals surface area contributed by atoms with E-state index >= 15 is 0 Å². The summed E-state index contributed by atoms with van der Waals surface area (Å²) in [6, 6.07) is 19.7. The standard InChI is InChI=1S/C28H37NO7Si/c1-20(31)16-17-29(21(2)32)26-24(33)25(34)28(18-30,36-26)19-35-37(27(3,4)5,22-12-8-6-9-13-22)23-14-10-7-11-15-23/h6-17,24-26,30,33-34H,18-19H2,1-5H3/b17-16-/t24-,25?,26+,28-/m0/s1. The second-order valence-corrected chi connectivity index (χ2v) is 14.8. The number of ketones is 1. The molecule has 8 nitrogen and oxygen atoms in total. The van der Waals surface area contributed by atoms with E-state index in [1.807, 2.05) is 60.7 Å². The van der Waals surface area contributed by atoms with Crippen LogP contribution in [0.4, 0.5) is 0 Å². The number of nitrogens with zero attached hydrogens (tertiary/aromatic N) is 1. The van der Waals surface area contributed by atoms with Gasteiger partial charge in [0.2, 0.25) is 5.91 Å². The molecule has 0 aliphatic carbocycles. The molecule has 9 heteroatoms. The normalized spacial score (nSPS) is 24.4. The summed E-state index contributed by atoms with van der Waals surface area (Å²) < 4.78 is 12.9. The maximum Gasteiger partial charge on any atom is 0.261 e. The lowest BCUT2D eigenvalue weighted by atomic mass is 9.97. The van der Waals surface area contributed by atoms with Gasteiger partial charge in [-0.05, 0) is 28.4 Å². The Bertz CT molecular complexity index is 1060. The molecule has 1 aliphatic rings. The van der Waals surface area contributed by atoms with Crippen LogP contribution in [0, 0.1) is 0 Å². The van der Waals surface area contributed by atoms with Gasteiger partial charge in [0.15, 0.2) is 12.0 Å². The van der Waals surface area contributed by atoms with Crippen LogP contribution >= 0.6 is 0 Å². The Kier molecular flexibility index (Phi) is 8.89. The van der Waals surface area contributed by atoms with Gasteiger partial charge in [-0.3, -0.25) is 14.5 Å². The van der Waals surface area contributed by atoms with Crippen LogP contribution in [0.3, 0.4) is 0 Å². The van der Waals surface area contributed by atoms with Crippen LogP contribution in [0.25, 0.3) is 0 Å². The van der Waals surface area contributed by atoms with Crippen LogP contribution in [-0.4, -0.2) is 77.5 Å². The Labute approximate surface area is 219 Å². The highest BCUT2D eigenvalue weighted by Crippen LogP contribution is 2.40. The minimum Gasteiger partial charge on any atom is -0.404 e. The van der Waals surface area contributed by atoms with Crippen LogP contribution in [0.2, 0.25) is 5.04 Å². The number of benzene rings is 2. The van der Waals surface area contributed by atoms with Crippen molar-refractivity contribution in [1.29, 1.82) is 0 Å². The third-order valence-electron chi connectivity index (χ3n) is 6.84. The Balaban J connectivity index is 2.05. The van der Waals surface area contributed by atoms with Gasteiger partial charge in [-0.25, -0.2) is 0 Å². The number of hydrogen-bond donors (Lipinski definition) is 3. The Hall–Kier alpha value is -2.66. The van der Waals surface area contributed by atoms with Crippen molar-refractivity contribution in [2.24, 2.45) is 0 Å². The molecule has 2 aromatic carbocycles. The summed E-state index contributed by atoms with van der Waals surface area (Å²) in [5.74, 6) is -0.807. The lowest BCUT2D eigenvalue weighted by molar-refractivity contribution is -0.166. The SMILES string of the molecule is CC(=O)/C=C\N(C(C)=O)[C@@H]1O[C@@](CO)(CO[Si](c2ccccc2)(c2ccccc2)C(C)(C)C)C(O)[C@@H]1O. The second-order valence-electron chi connectivity index (χ2n) is 10.5. The van der Waals surface area contributed by atoms with E-state index in [1.54, 1.807) is 0 Å². The van der Waals surface area contributed by atoms with Crippen molar-refractivity contribution in [1.82, 2.24) is 4.90 Å². The van der Waals surface area contributed by atoms with E-state index in [1.165, 1.54) is 26.1 Å². The van der Waals surface area contributed by atoms with Crippen molar-refractivity contribution >= 4 is 30.4 Å². The molecule has 0 aromatic heterocycles. The fourth-order valence-corrected chi connectivity index (χ4v) is 9.53. The summed E-state index contributed by atoms with van der Waals surface area (Å²) >= 11 is 0. The molecule has 3 rings (SSSR count). The number of amides is 1. The average molecular weight is 528 g/mol. The van der Waals surface area contributed by atoms with Crippen molar-refractivity contribution in [2.75, 3.05) is 13.2 Å². The first-order valence-corrected chi connectivity index (χ1v) is 14.2. The van der Waals surface area contributed by atoms with Gasteiger partial charge in [0, 0.05) is 13.1 Å². The zero-order valence-corrected chi connectivity index (χ0v) is 23.0. The Morgan fingerprint density at radius 3 is 1.95 bits per heavy atom. The molecule has 4 atom stereocenters. The smallest absolute Gasteiger partial charge is 0.261 e. The molecule has 0 radical (unpaired) electrons. The first kappa shape index (κ1) is 28.9. The Morgan fingerprint density at radius 1 is 1.03 bits per heavy atom. The number of ether oxygens (including phenoxy) is 1. The second kappa shape index (κ2) is 11.4. The van der Waals surface area contributed by atoms with Crippen LogP contribution in [0.1, 0.15) is 34.6 Å². The number of aliphatic hydroxyl groups excluding tert-OH is 3. The van der Waals surface area contributed by atoms with E-state index < -0.39 is 44.9 Å². The van der Waals surface area contributed by atoms with Gasteiger partial charge in [-0.2, -0.15) is 0 Å². The summed E-state index contributed by atoms with van der Waals surface area (Å²) in [5.41, 5.74) is -1.71. The molecule has 1 aliphatic heterocycles. The third kappa shape index (κ3) is 5.62. The third-order valence-corrected chi connectivity index (χ3v) is 11.8. The maximum absolute atomic E-state index is 12.3. The van der Waals surface area contributed by atoms with Crippen molar-refractivity contribution in [2.45, 2.75) is 63.7 Å². The zero-order chi connectivity index (χ0) is 27.4. The summed E-state index contributed by atoms with van der Waals surface area (Å²) in [6.07, 6.45) is -2.05. The average Bonchev–Trinajstić information content (AvgIpc) is 3.10. The highest BCUT2D eigenvalue weighted by atomic mass is 28.4. The molecule has 200 valence electrons. The number of carbonyl (C=O) groups excluding carboxylic acids is 2. The van der Waals surface area contributed by atoms with Crippen LogP contribution < -0.4 is 10.4 Å². The predicted molar refractivity (Wildman–Crippen MR) is 143 cm³/mol. The van der Waals surface area contributed by atoms with Crippen molar-refractivity contribution in [3.63, 3.8) is 0 Å². The van der Waals surface area contributed by atoms with Gasteiger partial charge in [0.05, 0.1) is 13.2 Å². The first-order valence-electron chi connectivity index (χ1n) is 12.3. The van der Waals surface area contributed by atoms with Gasteiger partial charge in [0.1, 0.15) is 17.8 Å². The van der Waals surface area contributed by atoms with Gasteiger partial charge < -0.3 is 24.5 Å². The topological polar surface area (TPSA) is 117 Å².